The molecule has 2 amide bonds. The van der Waals surface area contributed by atoms with Gasteiger partial charge in [0.05, 0.1) is 4.87 Å². The van der Waals surface area contributed by atoms with Gasteiger partial charge in [-0.05, 0) is 25.0 Å². The molecule has 0 atom stereocenters. The summed E-state index contributed by atoms with van der Waals surface area (Å²) < 4.78 is 5.63. The third kappa shape index (κ3) is 3.53. The molecule has 2 aliphatic rings. The molecule has 2 heterocycles. The van der Waals surface area contributed by atoms with Crippen molar-refractivity contribution in [3.05, 3.63) is 30.3 Å². The van der Waals surface area contributed by atoms with E-state index < -0.39 is 0 Å². The van der Waals surface area contributed by atoms with Gasteiger partial charge in [-0.2, -0.15) is 0 Å². The summed E-state index contributed by atoms with van der Waals surface area (Å²) in [6.45, 7) is 4.22. The maximum atomic E-state index is 12.7. The molecule has 0 N–H and O–H groups in total. The van der Waals surface area contributed by atoms with Gasteiger partial charge >= 0.3 is 0 Å². The maximum Gasteiger partial charge on any atom is 0.261 e. The van der Waals surface area contributed by atoms with E-state index in [0.29, 0.717) is 6.42 Å². The summed E-state index contributed by atoms with van der Waals surface area (Å²) in [7, 11) is 0. The monoisotopic (exact) mass is 348 g/mol. The fraction of sp³-hybridized carbons (Fsp3) is 0.556. The van der Waals surface area contributed by atoms with E-state index in [1.165, 1.54) is 0 Å². The summed E-state index contributed by atoms with van der Waals surface area (Å²) in [4.78, 5) is 28.3. The van der Waals surface area contributed by atoms with Gasteiger partial charge in [-0.1, -0.05) is 25.1 Å². The summed E-state index contributed by atoms with van der Waals surface area (Å²) >= 11 is 1.86. The molecule has 2 fully saturated rings. The topological polar surface area (TPSA) is 49.9 Å². The second kappa shape index (κ2) is 7.47. The van der Waals surface area contributed by atoms with E-state index in [9.17, 15) is 9.59 Å². The number of thioether (sulfide) groups is 1. The molecule has 3 rings (SSSR count). The molecule has 0 bridgehead atoms. The van der Waals surface area contributed by atoms with Crippen molar-refractivity contribution in [3.8, 4) is 5.75 Å². The molecule has 1 aromatic rings. The fourth-order valence-electron chi connectivity index (χ4n) is 3.44. The molecule has 2 saturated heterocycles. The average Bonchev–Trinajstić information content (AvgIpc) is 3.03. The summed E-state index contributed by atoms with van der Waals surface area (Å²) in [5.74, 6) is 1.92. The van der Waals surface area contributed by atoms with Crippen LogP contribution in [0.5, 0.6) is 5.75 Å². The highest BCUT2D eigenvalue weighted by Gasteiger charge is 2.46. The molecule has 0 saturated carbocycles. The molecule has 0 aromatic heterocycles. The van der Waals surface area contributed by atoms with Crippen LogP contribution in [0.4, 0.5) is 0 Å². The quantitative estimate of drug-likeness (QED) is 0.838. The van der Waals surface area contributed by atoms with E-state index in [-0.39, 0.29) is 23.3 Å². The van der Waals surface area contributed by atoms with Crippen molar-refractivity contribution in [2.24, 2.45) is 0 Å². The smallest absolute Gasteiger partial charge is 0.261 e. The number of ether oxygens (including phenoxy) is 1. The molecule has 5 nitrogen and oxygen atoms in total. The minimum Gasteiger partial charge on any atom is -0.484 e. The van der Waals surface area contributed by atoms with Gasteiger partial charge in [-0.25, -0.2) is 0 Å². The van der Waals surface area contributed by atoms with Crippen LogP contribution < -0.4 is 4.74 Å². The molecule has 0 unspecified atom stereocenters. The van der Waals surface area contributed by atoms with Gasteiger partial charge in [0, 0.05) is 31.8 Å². The van der Waals surface area contributed by atoms with Crippen LogP contribution in [0.25, 0.3) is 0 Å². The number of nitrogens with zero attached hydrogens (tertiary/aromatic N) is 2. The predicted octanol–water partition coefficient (Wildman–Crippen LogP) is 2.37. The molecule has 1 aromatic carbocycles. The van der Waals surface area contributed by atoms with E-state index in [1.54, 1.807) is 0 Å². The zero-order valence-corrected chi connectivity index (χ0v) is 14.9. The van der Waals surface area contributed by atoms with Crippen molar-refractivity contribution >= 4 is 23.6 Å². The molecular weight excluding hydrogens is 324 g/mol. The second-order valence-corrected chi connectivity index (χ2v) is 7.63. The highest BCUT2D eigenvalue weighted by atomic mass is 32.2. The predicted molar refractivity (Wildman–Crippen MR) is 94.9 cm³/mol. The third-order valence-corrected chi connectivity index (χ3v) is 6.34. The second-order valence-electron chi connectivity index (χ2n) is 6.18. The SMILES string of the molecule is CCC(=O)N1CCC2(CC1)SCCN2C(=O)COc1ccccc1. The average molecular weight is 348 g/mol. The van der Waals surface area contributed by atoms with Crippen LogP contribution in [0.15, 0.2) is 30.3 Å². The standard InChI is InChI=1S/C18H24N2O3S/c1-2-16(21)19-10-8-18(9-11-19)20(12-13-24-18)17(22)14-23-15-6-4-3-5-7-15/h3-7H,2,8-14H2,1H3. The van der Waals surface area contributed by atoms with Crippen molar-refractivity contribution in [1.82, 2.24) is 9.80 Å². The van der Waals surface area contributed by atoms with E-state index in [4.69, 9.17) is 4.74 Å². The van der Waals surface area contributed by atoms with Crippen molar-refractivity contribution in [2.75, 3.05) is 32.0 Å². The molecular formula is C18H24N2O3S. The first-order valence-corrected chi connectivity index (χ1v) is 9.53. The molecule has 6 heteroatoms. The number of benzene rings is 1. The van der Waals surface area contributed by atoms with Gasteiger partial charge < -0.3 is 14.5 Å². The number of rotatable bonds is 4. The van der Waals surface area contributed by atoms with Crippen LogP contribution in [0.1, 0.15) is 26.2 Å². The number of piperidine rings is 1. The first kappa shape index (κ1) is 17.1. The lowest BCUT2D eigenvalue weighted by Crippen LogP contribution is -2.54. The molecule has 0 aliphatic carbocycles. The number of likely N-dealkylation sites (tertiary alicyclic amines) is 1. The first-order chi connectivity index (χ1) is 11.6. The number of hydrogen-bond donors (Lipinski definition) is 0. The van der Waals surface area contributed by atoms with E-state index in [1.807, 2.05) is 58.8 Å². The highest BCUT2D eigenvalue weighted by Crippen LogP contribution is 2.44. The number of amides is 2. The molecule has 1 spiro atoms. The van der Waals surface area contributed by atoms with Crippen molar-refractivity contribution < 1.29 is 14.3 Å². The number of para-hydroxylation sites is 1. The van der Waals surface area contributed by atoms with Crippen LogP contribution in [-0.2, 0) is 9.59 Å². The minimum atomic E-state index is -0.151. The zero-order valence-electron chi connectivity index (χ0n) is 14.1. The Kier molecular flexibility index (Phi) is 5.33. The van der Waals surface area contributed by atoms with E-state index in [0.717, 1.165) is 44.0 Å². The van der Waals surface area contributed by atoms with E-state index >= 15 is 0 Å². The fourth-order valence-corrected chi connectivity index (χ4v) is 4.92. The Labute approximate surface area is 147 Å². The Hall–Kier alpha value is -1.69. The Bertz CT molecular complexity index is 585. The third-order valence-electron chi connectivity index (χ3n) is 4.78. The van der Waals surface area contributed by atoms with Crippen molar-refractivity contribution in [1.29, 1.82) is 0 Å². The first-order valence-electron chi connectivity index (χ1n) is 8.55. The lowest BCUT2D eigenvalue weighted by molar-refractivity contribution is -0.138. The molecule has 24 heavy (non-hydrogen) atoms. The van der Waals surface area contributed by atoms with Gasteiger partial charge in [-0.15, -0.1) is 11.8 Å². The lowest BCUT2D eigenvalue weighted by atomic mass is 10.0. The highest BCUT2D eigenvalue weighted by molar-refractivity contribution is 8.00. The summed E-state index contributed by atoms with van der Waals surface area (Å²) in [6.07, 6.45) is 2.24. The van der Waals surface area contributed by atoms with Gasteiger partial charge in [0.15, 0.2) is 6.61 Å². The Morgan fingerprint density at radius 1 is 1.12 bits per heavy atom. The Morgan fingerprint density at radius 2 is 1.83 bits per heavy atom. The maximum absolute atomic E-state index is 12.7. The normalized spacial score (nSPS) is 19.5. The van der Waals surface area contributed by atoms with Crippen LogP contribution in [0, 0.1) is 0 Å². The number of carbonyl (C=O) groups excluding carboxylic acids is 2. The summed E-state index contributed by atoms with van der Waals surface area (Å²) in [5.41, 5.74) is 0. The number of hydrogen-bond acceptors (Lipinski definition) is 4. The summed E-state index contributed by atoms with van der Waals surface area (Å²) in [5, 5.41) is 0. The molecule has 130 valence electrons. The Morgan fingerprint density at radius 3 is 2.50 bits per heavy atom. The minimum absolute atomic E-state index is 0.0409. The van der Waals surface area contributed by atoms with Crippen molar-refractivity contribution in [2.45, 2.75) is 31.1 Å². The van der Waals surface area contributed by atoms with Gasteiger partial charge in [0.1, 0.15) is 5.75 Å². The number of carbonyl (C=O) groups is 2. The van der Waals surface area contributed by atoms with Gasteiger partial charge in [0.2, 0.25) is 5.91 Å². The largest absolute Gasteiger partial charge is 0.484 e. The Balaban J connectivity index is 1.59. The van der Waals surface area contributed by atoms with Gasteiger partial charge in [-0.3, -0.25) is 9.59 Å². The zero-order chi connectivity index (χ0) is 17.0. The van der Waals surface area contributed by atoms with Gasteiger partial charge in [0.25, 0.3) is 5.91 Å². The van der Waals surface area contributed by atoms with Crippen LogP contribution in [-0.4, -0.2) is 58.5 Å². The van der Waals surface area contributed by atoms with E-state index in [2.05, 4.69) is 0 Å². The van der Waals surface area contributed by atoms with Crippen molar-refractivity contribution in [3.63, 3.8) is 0 Å². The van der Waals surface area contributed by atoms with Crippen LogP contribution in [0.3, 0.4) is 0 Å². The summed E-state index contributed by atoms with van der Waals surface area (Å²) in [6, 6.07) is 9.43. The van der Waals surface area contributed by atoms with Crippen LogP contribution in [0.2, 0.25) is 0 Å². The molecule has 0 radical (unpaired) electrons. The van der Waals surface area contributed by atoms with Crippen LogP contribution >= 0.6 is 11.8 Å². The molecule has 2 aliphatic heterocycles. The lowest BCUT2D eigenvalue weighted by Gasteiger charge is -2.44.